The number of carboxylic acid groups (broad SMARTS) is 2. The predicted molar refractivity (Wildman–Crippen MR) is 144 cm³/mol. The van der Waals surface area contributed by atoms with Crippen molar-refractivity contribution in [1.82, 2.24) is 0 Å². The summed E-state index contributed by atoms with van der Waals surface area (Å²) in [5, 5.41) is 17.4. The van der Waals surface area contributed by atoms with E-state index < -0.39 is 11.9 Å². The lowest BCUT2D eigenvalue weighted by Crippen LogP contribution is -2.10. The molecule has 0 heterocycles. The Labute approximate surface area is 221 Å². The van der Waals surface area contributed by atoms with E-state index in [-0.39, 0.29) is 13.2 Å². The molecule has 8 heteroatoms. The zero-order valence-electron chi connectivity index (χ0n) is 21.3. The molecule has 0 fully saturated rings. The third-order valence-electron chi connectivity index (χ3n) is 5.24. The number of hydrogen-bond donors (Lipinski definition) is 2. The average molecular weight is 519 g/mol. The Hall–Kier alpha value is -4.72. The molecule has 3 aromatic rings. The standard InChI is InChI=1S/C30H30O8/c1-21-17-25(11-13-27(21)37-19-29(31)32)35-15-3-5-23-7-9-24(10-8-23)6-4-16-36-26-12-14-28(22(2)18-26)38-20-30(33)34/h3-14,17-18H,15-16,19-20H2,1-2H3,(H,31,32)(H,33,34)/b5-3+,6-4+. The minimum Gasteiger partial charge on any atom is -0.490 e. The van der Waals surface area contributed by atoms with Crippen LogP contribution in [0.25, 0.3) is 12.2 Å². The Morgan fingerprint density at radius 2 is 1.03 bits per heavy atom. The highest BCUT2D eigenvalue weighted by atomic mass is 16.5. The molecule has 0 aliphatic rings. The minimum atomic E-state index is -1.02. The summed E-state index contributed by atoms with van der Waals surface area (Å²) in [6.45, 7) is 3.69. The monoisotopic (exact) mass is 518 g/mol. The Kier molecular flexibility index (Phi) is 10.4. The van der Waals surface area contributed by atoms with Crippen LogP contribution in [0.3, 0.4) is 0 Å². The van der Waals surface area contributed by atoms with Gasteiger partial charge in [-0.05, 0) is 84.7 Å². The smallest absolute Gasteiger partial charge is 0.341 e. The summed E-state index contributed by atoms with van der Waals surface area (Å²) in [6.07, 6.45) is 7.78. The van der Waals surface area contributed by atoms with Gasteiger partial charge in [0.05, 0.1) is 0 Å². The summed E-state index contributed by atoms with van der Waals surface area (Å²) in [7, 11) is 0. The highest BCUT2D eigenvalue weighted by molar-refractivity contribution is 5.69. The lowest BCUT2D eigenvalue weighted by Gasteiger charge is -2.09. The van der Waals surface area contributed by atoms with E-state index in [4.69, 9.17) is 29.2 Å². The normalized spacial score (nSPS) is 11.0. The van der Waals surface area contributed by atoms with Crippen LogP contribution in [0, 0.1) is 13.8 Å². The van der Waals surface area contributed by atoms with E-state index in [2.05, 4.69) is 0 Å². The van der Waals surface area contributed by atoms with Gasteiger partial charge < -0.3 is 29.2 Å². The molecule has 0 atom stereocenters. The fraction of sp³-hybridized carbons (Fsp3) is 0.200. The van der Waals surface area contributed by atoms with Crippen LogP contribution >= 0.6 is 0 Å². The van der Waals surface area contributed by atoms with Gasteiger partial charge in [-0.1, -0.05) is 36.4 Å². The molecule has 0 saturated heterocycles. The first-order valence-corrected chi connectivity index (χ1v) is 11.9. The van der Waals surface area contributed by atoms with Gasteiger partial charge in [-0.15, -0.1) is 0 Å². The van der Waals surface area contributed by atoms with Crippen molar-refractivity contribution in [2.45, 2.75) is 13.8 Å². The van der Waals surface area contributed by atoms with E-state index in [0.29, 0.717) is 36.2 Å². The molecule has 2 N–H and O–H groups in total. The zero-order chi connectivity index (χ0) is 27.3. The second-order valence-electron chi connectivity index (χ2n) is 8.31. The van der Waals surface area contributed by atoms with Crippen molar-refractivity contribution in [3.8, 4) is 23.0 Å². The van der Waals surface area contributed by atoms with Crippen molar-refractivity contribution in [1.29, 1.82) is 0 Å². The van der Waals surface area contributed by atoms with Gasteiger partial charge in [-0.25, -0.2) is 9.59 Å². The zero-order valence-corrected chi connectivity index (χ0v) is 21.3. The molecule has 0 aliphatic carbocycles. The van der Waals surface area contributed by atoms with E-state index in [0.717, 1.165) is 22.3 Å². The number of benzene rings is 3. The molecule has 0 amide bonds. The van der Waals surface area contributed by atoms with Crippen molar-refractivity contribution >= 4 is 24.1 Å². The van der Waals surface area contributed by atoms with Crippen LogP contribution in [-0.4, -0.2) is 48.6 Å². The highest BCUT2D eigenvalue weighted by Crippen LogP contribution is 2.24. The fourth-order valence-corrected chi connectivity index (χ4v) is 3.40. The van der Waals surface area contributed by atoms with E-state index >= 15 is 0 Å². The molecule has 0 saturated carbocycles. The Balaban J connectivity index is 1.41. The lowest BCUT2D eigenvalue weighted by molar-refractivity contribution is -0.140. The maximum absolute atomic E-state index is 10.6. The summed E-state index contributed by atoms with van der Waals surface area (Å²) in [4.78, 5) is 21.3. The number of aryl methyl sites for hydroxylation is 2. The fourth-order valence-electron chi connectivity index (χ4n) is 3.40. The van der Waals surface area contributed by atoms with Gasteiger partial charge in [0, 0.05) is 0 Å². The van der Waals surface area contributed by atoms with E-state index in [9.17, 15) is 9.59 Å². The van der Waals surface area contributed by atoms with Crippen LogP contribution in [0.15, 0.2) is 72.8 Å². The van der Waals surface area contributed by atoms with Crippen molar-refractivity contribution in [3.63, 3.8) is 0 Å². The summed E-state index contributed by atoms with van der Waals surface area (Å²) < 4.78 is 21.9. The third-order valence-corrected chi connectivity index (χ3v) is 5.24. The van der Waals surface area contributed by atoms with Gasteiger partial charge in [0.25, 0.3) is 0 Å². The summed E-state index contributed by atoms with van der Waals surface area (Å²) >= 11 is 0. The summed E-state index contributed by atoms with van der Waals surface area (Å²) in [5.74, 6) is 0.350. The molecule has 38 heavy (non-hydrogen) atoms. The van der Waals surface area contributed by atoms with Crippen LogP contribution in [0.2, 0.25) is 0 Å². The topological polar surface area (TPSA) is 112 Å². The molecule has 0 bridgehead atoms. The first kappa shape index (κ1) is 27.9. The number of carboxylic acids is 2. The second kappa shape index (κ2) is 14.1. The van der Waals surface area contributed by atoms with Crippen LogP contribution < -0.4 is 18.9 Å². The number of ether oxygens (including phenoxy) is 4. The molecule has 0 aromatic heterocycles. The van der Waals surface area contributed by atoms with Crippen LogP contribution in [0.4, 0.5) is 0 Å². The lowest BCUT2D eigenvalue weighted by atomic mass is 10.1. The van der Waals surface area contributed by atoms with E-state index in [1.165, 1.54) is 0 Å². The van der Waals surface area contributed by atoms with Gasteiger partial charge in [-0.2, -0.15) is 0 Å². The van der Waals surface area contributed by atoms with Crippen LogP contribution in [0.5, 0.6) is 23.0 Å². The average Bonchev–Trinajstić information content (AvgIpc) is 2.88. The molecule has 8 nitrogen and oxygen atoms in total. The van der Waals surface area contributed by atoms with E-state index in [1.807, 2.05) is 74.5 Å². The van der Waals surface area contributed by atoms with Gasteiger partial charge in [0.2, 0.25) is 0 Å². The van der Waals surface area contributed by atoms with Gasteiger partial charge in [-0.3, -0.25) is 0 Å². The van der Waals surface area contributed by atoms with Crippen molar-refractivity contribution < 1.29 is 38.7 Å². The predicted octanol–water partition coefficient (Wildman–Crippen LogP) is 5.41. The molecule has 0 unspecified atom stereocenters. The molecule has 198 valence electrons. The maximum atomic E-state index is 10.6. The molecule has 3 aromatic carbocycles. The Morgan fingerprint density at radius 1 is 0.632 bits per heavy atom. The molecule has 3 rings (SSSR count). The van der Waals surface area contributed by atoms with Crippen molar-refractivity contribution in [2.24, 2.45) is 0 Å². The summed E-state index contributed by atoms with van der Waals surface area (Å²) in [6, 6.07) is 18.5. The molecular weight excluding hydrogens is 488 g/mol. The number of rotatable bonds is 14. The van der Waals surface area contributed by atoms with Crippen molar-refractivity contribution in [2.75, 3.05) is 26.4 Å². The van der Waals surface area contributed by atoms with Gasteiger partial charge in [0.1, 0.15) is 36.2 Å². The molecule has 0 radical (unpaired) electrons. The van der Waals surface area contributed by atoms with Crippen LogP contribution in [-0.2, 0) is 9.59 Å². The first-order valence-electron chi connectivity index (χ1n) is 11.9. The number of aliphatic carboxylic acids is 2. The number of hydrogen-bond acceptors (Lipinski definition) is 6. The van der Waals surface area contributed by atoms with Crippen LogP contribution in [0.1, 0.15) is 22.3 Å². The quantitative estimate of drug-likeness (QED) is 0.291. The third kappa shape index (κ3) is 9.39. The van der Waals surface area contributed by atoms with Crippen molar-refractivity contribution in [3.05, 3.63) is 95.1 Å². The molecular formula is C30H30O8. The Morgan fingerprint density at radius 3 is 1.37 bits per heavy atom. The SMILES string of the molecule is Cc1cc(OC/C=C/c2ccc(/C=C/COc3ccc(OCC(=O)O)c(C)c3)cc2)ccc1OCC(=O)O. The summed E-state index contributed by atoms with van der Waals surface area (Å²) in [5.41, 5.74) is 3.68. The van der Waals surface area contributed by atoms with E-state index in [1.54, 1.807) is 24.3 Å². The minimum absolute atomic E-state index is 0.380. The first-order chi connectivity index (χ1) is 18.3. The number of carbonyl (C=O) groups is 2. The van der Waals surface area contributed by atoms with Gasteiger partial charge >= 0.3 is 11.9 Å². The Bertz CT molecular complexity index is 1190. The molecule has 0 spiro atoms. The largest absolute Gasteiger partial charge is 0.490 e. The molecule has 0 aliphatic heterocycles. The van der Waals surface area contributed by atoms with Gasteiger partial charge in [0.15, 0.2) is 13.2 Å². The second-order valence-corrected chi connectivity index (χ2v) is 8.31. The highest BCUT2D eigenvalue weighted by Gasteiger charge is 2.05. The maximum Gasteiger partial charge on any atom is 0.341 e.